The number of methoxy groups -OCH3 is 1. The topological polar surface area (TPSA) is 66.0 Å². The van der Waals surface area contributed by atoms with Crippen LogP contribution in [-0.4, -0.2) is 63.7 Å². The Balaban J connectivity index is 1.75. The Labute approximate surface area is 144 Å². The summed E-state index contributed by atoms with van der Waals surface area (Å²) in [5, 5.41) is 5.94. The first-order chi connectivity index (χ1) is 11.7. The first-order valence-electron chi connectivity index (χ1n) is 8.48. The van der Waals surface area contributed by atoms with Crippen molar-refractivity contribution >= 4 is 11.9 Å². The van der Waals surface area contributed by atoms with Crippen LogP contribution >= 0.6 is 0 Å². The molecule has 1 aromatic carbocycles. The summed E-state index contributed by atoms with van der Waals surface area (Å²) in [5.74, 6) is 1.38. The third-order valence-corrected chi connectivity index (χ3v) is 4.20. The zero-order valence-electron chi connectivity index (χ0n) is 14.6. The lowest BCUT2D eigenvalue weighted by Crippen LogP contribution is -2.45. The molecule has 1 unspecified atom stereocenters. The molecule has 0 spiro atoms. The number of rotatable bonds is 7. The second-order valence-electron chi connectivity index (χ2n) is 6.03. The molecule has 6 nitrogen and oxygen atoms in total. The van der Waals surface area contributed by atoms with E-state index in [0.717, 1.165) is 31.9 Å². The monoisotopic (exact) mass is 332 g/mol. The molecule has 1 heterocycles. The van der Waals surface area contributed by atoms with Crippen LogP contribution in [0.3, 0.4) is 0 Å². The highest BCUT2D eigenvalue weighted by atomic mass is 16.5. The van der Waals surface area contributed by atoms with Gasteiger partial charge in [0.15, 0.2) is 5.96 Å². The van der Waals surface area contributed by atoms with Crippen LogP contribution in [0, 0.1) is 5.92 Å². The normalized spacial score (nSPS) is 17.8. The van der Waals surface area contributed by atoms with E-state index in [1.165, 1.54) is 5.56 Å². The molecule has 1 aromatic rings. The maximum absolute atomic E-state index is 11.8. The summed E-state index contributed by atoms with van der Waals surface area (Å²) in [4.78, 5) is 18.3. The molecule has 6 heteroatoms. The molecule has 0 radical (unpaired) electrons. The number of hydrogen-bond acceptors (Lipinski definition) is 3. The van der Waals surface area contributed by atoms with Crippen LogP contribution in [0.5, 0.6) is 0 Å². The van der Waals surface area contributed by atoms with Crippen molar-refractivity contribution in [3.8, 4) is 0 Å². The summed E-state index contributed by atoms with van der Waals surface area (Å²) in [6.07, 6.45) is 2.24. The van der Waals surface area contributed by atoms with Gasteiger partial charge in [-0.2, -0.15) is 0 Å². The summed E-state index contributed by atoms with van der Waals surface area (Å²) in [5.41, 5.74) is 1.38. The molecule has 2 rings (SSSR count). The van der Waals surface area contributed by atoms with Crippen molar-refractivity contribution in [2.75, 3.05) is 46.9 Å². The molecule has 0 aliphatic carbocycles. The van der Waals surface area contributed by atoms with E-state index < -0.39 is 0 Å². The Bertz CT molecular complexity index is 533. The van der Waals surface area contributed by atoms with E-state index in [1.807, 2.05) is 6.07 Å². The summed E-state index contributed by atoms with van der Waals surface area (Å²) in [6.45, 7) is 3.23. The fraction of sp³-hybridized carbons (Fsp3) is 0.556. The lowest BCUT2D eigenvalue weighted by Gasteiger charge is -2.21. The van der Waals surface area contributed by atoms with Gasteiger partial charge in [-0.1, -0.05) is 30.3 Å². The van der Waals surface area contributed by atoms with E-state index in [2.05, 4.69) is 44.8 Å². The number of hydrogen-bond donors (Lipinski definition) is 2. The molecule has 1 fully saturated rings. The predicted molar refractivity (Wildman–Crippen MR) is 96.1 cm³/mol. The molecule has 24 heavy (non-hydrogen) atoms. The zero-order valence-corrected chi connectivity index (χ0v) is 14.6. The number of nitrogens with one attached hydrogen (secondary N) is 2. The molecule has 1 amide bonds. The minimum Gasteiger partial charge on any atom is -0.383 e. The predicted octanol–water partition coefficient (Wildman–Crippen LogP) is 0.889. The minimum atomic E-state index is -0.0479. The molecule has 0 aromatic heterocycles. The quantitative estimate of drug-likeness (QED) is 0.442. The van der Waals surface area contributed by atoms with Crippen LogP contribution in [0.4, 0.5) is 0 Å². The molecule has 1 aliphatic heterocycles. The lowest BCUT2D eigenvalue weighted by atomic mass is 9.99. The zero-order chi connectivity index (χ0) is 17.2. The van der Waals surface area contributed by atoms with Gasteiger partial charge in [-0.25, -0.2) is 0 Å². The van der Waals surface area contributed by atoms with Crippen molar-refractivity contribution in [2.45, 2.75) is 12.8 Å². The number of aliphatic imine (C=N–C) groups is 1. The molecule has 2 N–H and O–H groups in total. The molecule has 0 saturated carbocycles. The first-order valence-corrected chi connectivity index (χ1v) is 8.48. The average molecular weight is 332 g/mol. The number of nitrogens with zero attached hydrogens (tertiary/aromatic N) is 2. The van der Waals surface area contributed by atoms with E-state index in [9.17, 15) is 4.79 Å². The van der Waals surface area contributed by atoms with Crippen molar-refractivity contribution in [2.24, 2.45) is 10.9 Å². The van der Waals surface area contributed by atoms with Crippen LogP contribution in [0.2, 0.25) is 0 Å². The van der Waals surface area contributed by atoms with Gasteiger partial charge in [-0.3, -0.25) is 9.79 Å². The van der Waals surface area contributed by atoms with Crippen LogP contribution in [0.25, 0.3) is 0 Å². The largest absolute Gasteiger partial charge is 0.383 e. The molecule has 132 valence electrons. The molecule has 1 saturated heterocycles. The summed E-state index contributed by atoms with van der Waals surface area (Å²) in [7, 11) is 3.38. The average Bonchev–Trinajstić information content (AvgIpc) is 3.05. The maximum atomic E-state index is 11.8. The number of carbonyl (C=O) groups is 1. The summed E-state index contributed by atoms with van der Waals surface area (Å²) in [6, 6.07) is 10.6. The molecule has 1 aliphatic rings. The number of amides is 1. The van der Waals surface area contributed by atoms with Gasteiger partial charge in [0.05, 0.1) is 13.2 Å². The van der Waals surface area contributed by atoms with Gasteiger partial charge in [-0.05, 0) is 24.3 Å². The van der Waals surface area contributed by atoms with Crippen molar-refractivity contribution in [3.05, 3.63) is 35.9 Å². The van der Waals surface area contributed by atoms with Gasteiger partial charge in [0.2, 0.25) is 5.91 Å². The third-order valence-electron chi connectivity index (χ3n) is 4.20. The van der Waals surface area contributed by atoms with Gasteiger partial charge >= 0.3 is 0 Å². The van der Waals surface area contributed by atoms with E-state index in [1.54, 1.807) is 14.2 Å². The van der Waals surface area contributed by atoms with Gasteiger partial charge < -0.3 is 20.3 Å². The molecule has 0 bridgehead atoms. The van der Waals surface area contributed by atoms with E-state index in [0.29, 0.717) is 19.1 Å². The summed E-state index contributed by atoms with van der Waals surface area (Å²) < 4.78 is 4.91. The molecular formula is C18H28N4O2. The highest BCUT2D eigenvalue weighted by molar-refractivity contribution is 5.86. The van der Waals surface area contributed by atoms with E-state index >= 15 is 0 Å². The Hall–Kier alpha value is -2.08. The third kappa shape index (κ3) is 5.85. The fourth-order valence-electron chi connectivity index (χ4n) is 2.99. The maximum Gasteiger partial charge on any atom is 0.239 e. The number of likely N-dealkylation sites (tertiary alicyclic amines) is 1. The van der Waals surface area contributed by atoms with Crippen molar-refractivity contribution in [3.63, 3.8) is 0 Å². The Morgan fingerprint density at radius 1 is 1.33 bits per heavy atom. The Morgan fingerprint density at radius 2 is 2.12 bits per heavy atom. The molecule has 1 atom stereocenters. The van der Waals surface area contributed by atoms with Crippen molar-refractivity contribution in [1.82, 2.24) is 15.5 Å². The molecular weight excluding hydrogens is 304 g/mol. The fourth-order valence-corrected chi connectivity index (χ4v) is 2.99. The SMILES string of the molecule is CN=C(NCC(=O)NCCOC)N1CCC(Cc2ccccc2)C1. The Morgan fingerprint density at radius 3 is 2.83 bits per heavy atom. The van der Waals surface area contributed by atoms with E-state index in [-0.39, 0.29) is 12.5 Å². The van der Waals surface area contributed by atoms with Crippen molar-refractivity contribution in [1.29, 1.82) is 0 Å². The standard InChI is InChI=1S/C18H28N4O2/c1-19-18(21-13-17(23)20-9-11-24-2)22-10-8-16(14-22)12-15-6-4-3-5-7-15/h3-7,16H,8-14H2,1-2H3,(H,19,21)(H,20,23). The van der Waals surface area contributed by atoms with Crippen LogP contribution in [-0.2, 0) is 16.0 Å². The van der Waals surface area contributed by atoms with Crippen LogP contribution < -0.4 is 10.6 Å². The van der Waals surface area contributed by atoms with Gasteiger partial charge in [0.1, 0.15) is 0 Å². The number of ether oxygens (including phenoxy) is 1. The highest BCUT2D eigenvalue weighted by Gasteiger charge is 2.25. The minimum absolute atomic E-state index is 0.0479. The second kappa shape index (κ2) is 9.93. The first kappa shape index (κ1) is 18.3. The number of benzene rings is 1. The van der Waals surface area contributed by atoms with Crippen LogP contribution in [0.1, 0.15) is 12.0 Å². The number of carbonyl (C=O) groups excluding carboxylic acids is 1. The Kier molecular flexibility index (Phi) is 7.55. The van der Waals surface area contributed by atoms with Gasteiger partial charge in [-0.15, -0.1) is 0 Å². The van der Waals surface area contributed by atoms with E-state index in [4.69, 9.17) is 4.74 Å². The van der Waals surface area contributed by atoms with Crippen molar-refractivity contribution < 1.29 is 9.53 Å². The second-order valence-corrected chi connectivity index (χ2v) is 6.03. The smallest absolute Gasteiger partial charge is 0.239 e. The van der Waals surface area contributed by atoms with Gasteiger partial charge in [0.25, 0.3) is 0 Å². The number of guanidine groups is 1. The highest BCUT2D eigenvalue weighted by Crippen LogP contribution is 2.20. The summed E-state index contributed by atoms with van der Waals surface area (Å²) >= 11 is 0. The van der Waals surface area contributed by atoms with Gasteiger partial charge in [0, 0.05) is 33.8 Å². The van der Waals surface area contributed by atoms with Crippen LogP contribution in [0.15, 0.2) is 35.3 Å². The lowest BCUT2D eigenvalue weighted by molar-refractivity contribution is -0.120.